The van der Waals surface area contributed by atoms with Gasteiger partial charge in [0.15, 0.2) is 0 Å². The molecule has 0 aromatic heterocycles. The highest BCUT2D eigenvalue weighted by Crippen LogP contribution is 2.25. The fraction of sp³-hybridized carbons (Fsp3) is 0.500. The first-order chi connectivity index (χ1) is 8.46. The molecule has 100 valence electrons. The van der Waals surface area contributed by atoms with Gasteiger partial charge in [0.1, 0.15) is 0 Å². The van der Waals surface area contributed by atoms with Crippen LogP contribution in [0.25, 0.3) is 0 Å². The van der Waals surface area contributed by atoms with Crippen molar-refractivity contribution in [2.75, 3.05) is 19.6 Å². The van der Waals surface area contributed by atoms with E-state index in [4.69, 9.17) is 11.6 Å². The van der Waals surface area contributed by atoms with Crippen molar-refractivity contribution in [3.8, 4) is 0 Å². The van der Waals surface area contributed by atoms with Crippen molar-refractivity contribution in [2.45, 2.75) is 24.8 Å². The standard InChI is InChI=1S/C12H17ClN2O2S/c1-3-15(11-7-14-8-11)18(16,17)12-5-4-10(13)6-9(12)2/h4-6,11,14H,3,7-8H2,1-2H3. The van der Waals surface area contributed by atoms with E-state index in [1.807, 2.05) is 6.92 Å². The Morgan fingerprint density at radius 1 is 1.44 bits per heavy atom. The van der Waals surface area contributed by atoms with Gasteiger partial charge in [-0.25, -0.2) is 8.42 Å². The average Bonchev–Trinajstić information content (AvgIpc) is 2.22. The molecule has 0 amide bonds. The van der Waals surface area contributed by atoms with Gasteiger partial charge in [-0.15, -0.1) is 0 Å². The summed E-state index contributed by atoms with van der Waals surface area (Å²) in [6.45, 7) is 5.56. The maximum Gasteiger partial charge on any atom is 0.243 e. The van der Waals surface area contributed by atoms with Gasteiger partial charge in [-0.05, 0) is 30.7 Å². The minimum atomic E-state index is -3.42. The number of hydrogen-bond donors (Lipinski definition) is 1. The number of likely N-dealkylation sites (N-methyl/N-ethyl adjacent to an activating group) is 1. The smallest absolute Gasteiger partial charge is 0.243 e. The summed E-state index contributed by atoms with van der Waals surface area (Å²) in [4.78, 5) is 0.348. The summed E-state index contributed by atoms with van der Waals surface area (Å²) in [6, 6.07) is 4.95. The van der Waals surface area contributed by atoms with Crippen LogP contribution >= 0.6 is 11.6 Å². The molecule has 0 atom stereocenters. The molecule has 1 N–H and O–H groups in total. The number of nitrogens with one attached hydrogen (secondary N) is 1. The third-order valence-corrected chi connectivity index (χ3v) is 5.63. The highest BCUT2D eigenvalue weighted by atomic mass is 35.5. The number of nitrogens with zero attached hydrogens (tertiary/aromatic N) is 1. The summed E-state index contributed by atoms with van der Waals surface area (Å²) < 4.78 is 26.7. The van der Waals surface area contributed by atoms with E-state index in [-0.39, 0.29) is 6.04 Å². The van der Waals surface area contributed by atoms with Gasteiger partial charge in [0.05, 0.1) is 4.90 Å². The summed E-state index contributed by atoms with van der Waals surface area (Å²) in [7, 11) is -3.42. The van der Waals surface area contributed by atoms with Crippen molar-refractivity contribution in [2.24, 2.45) is 0 Å². The van der Waals surface area contributed by atoms with Crippen LogP contribution in [0.5, 0.6) is 0 Å². The van der Waals surface area contributed by atoms with Gasteiger partial charge >= 0.3 is 0 Å². The quantitative estimate of drug-likeness (QED) is 0.916. The summed E-state index contributed by atoms with van der Waals surface area (Å²) in [5.41, 5.74) is 0.688. The zero-order chi connectivity index (χ0) is 13.3. The average molecular weight is 289 g/mol. The second-order valence-electron chi connectivity index (χ2n) is 4.43. The van der Waals surface area contributed by atoms with Crippen molar-refractivity contribution >= 4 is 21.6 Å². The van der Waals surface area contributed by atoms with Crippen molar-refractivity contribution in [3.05, 3.63) is 28.8 Å². The molecule has 1 aromatic rings. The molecular weight excluding hydrogens is 272 g/mol. The number of aryl methyl sites for hydroxylation is 1. The molecule has 0 spiro atoms. The lowest BCUT2D eigenvalue weighted by Gasteiger charge is -2.36. The molecule has 18 heavy (non-hydrogen) atoms. The summed E-state index contributed by atoms with van der Waals surface area (Å²) in [5, 5.41) is 3.65. The molecule has 4 nitrogen and oxygen atoms in total. The van der Waals surface area contributed by atoms with Crippen molar-refractivity contribution in [1.29, 1.82) is 0 Å². The van der Waals surface area contributed by atoms with E-state index in [0.717, 1.165) is 13.1 Å². The van der Waals surface area contributed by atoms with Crippen LogP contribution in [0.1, 0.15) is 12.5 Å². The van der Waals surface area contributed by atoms with E-state index >= 15 is 0 Å². The lowest BCUT2D eigenvalue weighted by Crippen LogP contribution is -2.58. The van der Waals surface area contributed by atoms with E-state index in [1.54, 1.807) is 29.4 Å². The van der Waals surface area contributed by atoms with Crippen molar-refractivity contribution < 1.29 is 8.42 Å². The van der Waals surface area contributed by atoms with E-state index in [1.165, 1.54) is 0 Å². The van der Waals surface area contributed by atoms with Crippen LogP contribution < -0.4 is 5.32 Å². The number of halogens is 1. The number of hydrogen-bond acceptors (Lipinski definition) is 3. The highest BCUT2D eigenvalue weighted by molar-refractivity contribution is 7.89. The Hall–Kier alpha value is -0.620. The highest BCUT2D eigenvalue weighted by Gasteiger charge is 2.34. The largest absolute Gasteiger partial charge is 0.313 e. The maximum atomic E-state index is 12.6. The lowest BCUT2D eigenvalue weighted by molar-refractivity contribution is 0.249. The van der Waals surface area contributed by atoms with E-state index in [2.05, 4.69) is 5.32 Å². The topological polar surface area (TPSA) is 49.4 Å². The van der Waals surface area contributed by atoms with E-state index < -0.39 is 10.0 Å². The Bertz CT molecular complexity index is 541. The first kappa shape index (κ1) is 13.8. The maximum absolute atomic E-state index is 12.6. The van der Waals surface area contributed by atoms with E-state index in [9.17, 15) is 8.42 Å². The van der Waals surface area contributed by atoms with Gasteiger partial charge in [0, 0.05) is 30.7 Å². The van der Waals surface area contributed by atoms with Crippen LogP contribution in [0.2, 0.25) is 5.02 Å². The van der Waals surface area contributed by atoms with Crippen LogP contribution in [0.3, 0.4) is 0 Å². The summed E-state index contributed by atoms with van der Waals surface area (Å²) >= 11 is 5.86. The molecule has 6 heteroatoms. The summed E-state index contributed by atoms with van der Waals surface area (Å²) in [6.07, 6.45) is 0. The number of benzene rings is 1. The molecule has 0 bridgehead atoms. The third-order valence-electron chi connectivity index (χ3n) is 3.20. The molecule has 0 aliphatic carbocycles. The minimum absolute atomic E-state index is 0.0649. The molecule has 0 radical (unpaired) electrons. The van der Waals surface area contributed by atoms with Gasteiger partial charge in [-0.2, -0.15) is 4.31 Å². The van der Waals surface area contributed by atoms with Crippen LogP contribution in [0.15, 0.2) is 23.1 Å². The second-order valence-corrected chi connectivity index (χ2v) is 6.73. The molecular formula is C12H17ClN2O2S. The zero-order valence-electron chi connectivity index (χ0n) is 10.5. The molecule has 1 aromatic carbocycles. The third kappa shape index (κ3) is 2.40. The number of rotatable bonds is 4. The molecule has 1 aliphatic heterocycles. The van der Waals surface area contributed by atoms with Crippen molar-refractivity contribution in [1.82, 2.24) is 9.62 Å². The van der Waals surface area contributed by atoms with Gasteiger partial charge in [0.25, 0.3) is 0 Å². The second kappa shape index (κ2) is 5.17. The number of sulfonamides is 1. The van der Waals surface area contributed by atoms with Gasteiger partial charge in [0.2, 0.25) is 10.0 Å². The Morgan fingerprint density at radius 3 is 2.56 bits per heavy atom. The molecule has 2 rings (SSSR count). The molecule has 1 heterocycles. The fourth-order valence-electron chi connectivity index (χ4n) is 2.13. The SMILES string of the molecule is CCN(C1CNC1)S(=O)(=O)c1ccc(Cl)cc1C. The monoisotopic (exact) mass is 288 g/mol. The Balaban J connectivity index is 2.39. The van der Waals surface area contributed by atoms with Crippen molar-refractivity contribution in [3.63, 3.8) is 0 Å². The zero-order valence-corrected chi connectivity index (χ0v) is 12.1. The minimum Gasteiger partial charge on any atom is -0.313 e. The van der Waals surface area contributed by atoms with Crippen LogP contribution in [0, 0.1) is 6.92 Å². The van der Waals surface area contributed by atoms with E-state index in [0.29, 0.717) is 22.0 Å². The molecule has 0 unspecified atom stereocenters. The van der Waals surface area contributed by atoms with Crippen LogP contribution in [0.4, 0.5) is 0 Å². The first-order valence-electron chi connectivity index (χ1n) is 5.95. The fourth-order valence-corrected chi connectivity index (χ4v) is 4.20. The summed E-state index contributed by atoms with van der Waals surface area (Å²) in [5.74, 6) is 0. The molecule has 1 fully saturated rings. The van der Waals surface area contributed by atoms with Crippen LogP contribution in [-0.2, 0) is 10.0 Å². The predicted octanol–water partition coefficient (Wildman–Crippen LogP) is 1.63. The molecule has 1 saturated heterocycles. The Kier molecular flexibility index (Phi) is 3.96. The van der Waals surface area contributed by atoms with Gasteiger partial charge in [-0.1, -0.05) is 18.5 Å². The molecule has 1 aliphatic rings. The van der Waals surface area contributed by atoms with Gasteiger partial charge < -0.3 is 5.32 Å². The predicted molar refractivity (Wildman–Crippen MR) is 72.4 cm³/mol. The lowest BCUT2D eigenvalue weighted by atomic mass is 10.2. The normalized spacial score (nSPS) is 16.9. The van der Waals surface area contributed by atoms with Crippen LogP contribution in [-0.4, -0.2) is 38.4 Å². The first-order valence-corrected chi connectivity index (χ1v) is 7.77. The Morgan fingerprint density at radius 2 is 2.11 bits per heavy atom. The Labute approximate surface area is 113 Å². The molecule has 0 saturated carbocycles. The van der Waals surface area contributed by atoms with Gasteiger partial charge in [-0.3, -0.25) is 0 Å².